The number of rotatable bonds is 3. The van der Waals surface area contributed by atoms with Crippen molar-refractivity contribution in [2.24, 2.45) is 5.92 Å². The summed E-state index contributed by atoms with van der Waals surface area (Å²) in [4.78, 5) is 0. The lowest BCUT2D eigenvalue weighted by Crippen LogP contribution is -2.14. The Kier molecular flexibility index (Phi) is 3.43. The zero-order valence-corrected chi connectivity index (χ0v) is 9.49. The van der Waals surface area contributed by atoms with Gasteiger partial charge in [-0.1, -0.05) is 6.07 Å². The van der Waals surface area contributed by atoms with Gasteiger partial charge in [-0.2, -0.15) is 5.26 Å². The number of nitrogens with zero attached hydrogens (tertiary/aromatic N) is 1. The van der Waals surface area contributed by atoms with Crippen molar-refractivity contribution >= 4 is 5.69 Å². The first-order valence-electron chi connectivity index (χ1n) is 5.62. The Morgan fingerprint density at radius 2 is 2.44 bits per heavy atom. The monoisotopic (exact) mass is 216 g/mol. The maximum atomic E-state index is 9.02. The number of anilines is 1. The Morgan fingerprint density at radius 3 is 3.12 bits per heavy atom. The van der Waals surface area contributed by atoms with Gasteiger partial charge >= 0.3 is 0 Å². The van der Waals surface area contributed by atoms with Crippen molar-refractivity contribution in [2.45, 2.75) is 13.3 Å². The quantitative estimate of drug-likeness (QED) is 0.843. The lowest BCUT2D eigenvalue weighted by molar-refractivity contribution is 0.187. The minimum atomic E-state index is 0.577. The molecule has 0 amide bonds. The maximum absolute atomic E-state index is 9.02. The second-order valence-electron chi connectivity index (χ2n) is 4.27. The SMILES string of the molecule is Cc1ccc(NCC2CCOC2)c(C#N)c1. The average molecular weight is 216 g/mol. The van der Waals surface area contributed by atoms with Gasteiger partial charge in [-0.15, -0.1) is 0 Å². The van der Waals surface area contributed by atoms with Gasteiger partial charge in [0.1, 0.15) is 6.07 Å². The topological polar surface area (TPSA) is 45.0 Å². The van der Waals surface area contributed by atoms with Gasteiger partial charge in [-0.25, -0.2) is 0 Å². The Hall–Kier alpha value is -1.53. The third kappa shape index (κ3) is 2.53. The molecule has 0 aliphatic carbocycles. The maximum Gasteiger partial charge on any atom is 0.101 e. The summed E-state index contributed by atoms with van der Waals surface area (Å²) in [5.74, 6) is 0.577. The van der Waals surface area contributed by atoms with Crippen molar-refractivity contribution in [1.29, 1.82) is 5.26 Å². The van der Waals surface area contributed by atoms with Crippen molar-refractivity contribution in [3.05, 3.63) is 29.3 Å². The molecule has 1 aromatic carbocycles. The number of hydrogen-bond acceptors (Lipinski definition) is 3. The van der Waals surface area contributed by atoms with E-state index in [1.807, 2.05) is 25.1 Å². The molecule has 1 fully saturated rings. The van der Waals surface area contributed by atoms with E-state index in [0.717, 1.165) is 43.0 Å². The molecule has 1 N–H and O–H groups in total. The summed E-state index contributed by atoms with van der Waals surface area (Å²) >= 11 is 0. The number of aryl methyl sites for hydroxylation is 1. The molecule has 0 saturated carbocycles. The van der Waals surface area contributed by atoms with E-state index < -0.39 is 0 Å². The summed E-state index contributed by atoms with van der Waals surface area (Å²) in [6, 6.07) is 8.13. The molecule has 84 valence electrons. The Morgan fingerprint density at radius 1 is 1.56 bits per heavy atom. The van der Waals surface area contributed by atoms with Gasteiger partial charge in [0.15, 0.2) is 0 Å². The van der Waals surface area contributed by atoms with Gasteiger partial charge in [-0.3, -0.25) is 0 Å². The van der Waals surface area contributed by atoms with Gasteiger partial charge in [0, 0.05) is 19.1 Å². The normalized spacial score (nSPS) is 19.4. The molecular formula is C13H16N2O. The fourth-order valence-electron chi connectivity index (χ4n) is 1.90. The Bertz CT molecular complexity index is 403. The molecule has 0 radical (unpaired) electrons. The first-order valence-corrected chi connectivity index (χ1v) is 5.62. The van der Waals surface area contributed by atoms with Crippen LogP contribution in [0.5, 0.6) is 0 Å². The van der Waals surface area contributed by atoms with Crippen LogP contribution in [-0.4, -0.2) is 19.8 Å². The highest BCUT2D eigenvalue weighted by molar-refractivity contribution is 5.58. The van der Waals surface area contributed by atoms with Crippen LogP contribution in [0.15, 0.2) is 18.2 Å². The minimum Gasteiger partial charge on any atom is -0.384 e. The van der Waals surface area contributed by atoms with Crippen molar-refractivity contribution in [1.82, 2.24) is 0 Å². The molecule has 16 heavy (non-hydrogen) atoms. The van der Waals surface area contributed by atoms with Crippen LogP contribution in [0.25, 0.3) is 0 Å². The van der Waals surface area contributed by atoms with Gasteiger partial charge in [0.05, 0.1) is 17.9 Å². The molecule has 0 spiro atoms. The van der Waals surface area contributed by atoms with E-state index in [4.69, 9.17) is 10.00 Å². The summed E-state index contributed by atoms with van der Waals surface area (Å²) in [5.41, 5.74) is 2.77. The van der Waals surface area contributed by atoms with Crippen molar-refractivity contribution in [3.8, 4) is 6.07 Å². The number of nitrogens with one attached hydrogen (secondary N) is 1. The van der Waals surface area contributed by atoms with Crippen LogP contribution in [-0.2, 0) is 4.74 Å². The van der Waals surface area contributed by atoms with E-state index in [1.165, 1.54) is 0 Å². The van der Waals surface area contributed by atoms with Gasteiger partial charge in [-0.05, 0) is 31.0 Å². The molecule has 0 bridgehead atoms. The molecule has 0 aromatic heterocycles. The molecule has 1 heterocycles. The summed E-state index contributed by atoms with van der Waals surface area (Å²) in [7, 11) is 0. The molecule has 1 aromatic rings. The van der Waals surface area contributed by atoms with Crippen molar-refractivity contribution in [3.63, 3.8) is 0 Å². The largest absolute Gasteiger partial charge is 0.384 e. The van der Waals surface area contributed by atoms with Gasteiger partial charge in [0.2, 0.25) is 0 Å². The molecule has 3 nitrogen and oxygen atoms in total. The fourth-order valence-corrected chi connectivity index (χ4v) is 1.90. The highest BCUT2D eigenvalue weighted by Crippen LogP contribution is 2.18. The van der Waals surface area contributed by atoms with E-state index in [1.54, 1.807) is 0 Å². The molecule has 1 unspecified atom stereocenters. The summed E-state index contributed by atoms with van der Waals surface area (Å²) in [6.07, 6.45) is 1.11. The van der Waals surface area contributed by atoms with Crippen LogP contribution < -0.4 is 5.32 Å². The zero-order valence-electron chi connectivity index (χ0n) is 9.49. The molecular weight excluding hydrogens is 200 g/mol. The molecule has 3 heteroatoms. The summed E-state index contributed by atoms with van der Waals surface area (Å²) < 4.78 is 5.32. The minimum absolute atomic E-state index is 0.577. The predicted octanol–water partition coefficient (Wildman–Crippen LogP) is 2.32. The molecule has 2 rings (SSSR count). The number of ether oxygens (including phenoxy) is 1. The summed E-state index contributed by atoms with van der Waals surface area (Å²) in [5, 5.41) is 12.4. The fraction of sp³-hybridized carbons (Fsp3) is 0.462. The standard InChI is InChI=1S/C13H16N2O/c1-10-2-3-13(12(6-10)7-14)15-8-11-4-5-16-9-11/h2-3,6,11,15H,4-5,8-9H2,1H3. The molecule has 1 atom stereocenters. The van der Waals surface area contributed by atoms with E-state index in [9.17, 15) is 0 Å². The van der Waals surface area contributed by atoms with Crippen LogP contribution in [0.4, 0.5) is 5.69 Å². The van der Waals surface area contributed by atoms with Crippen LogP contribution in [0.3, 0.4) is 0 Å². The number of hydrogen-bond donors (Lipinski definition) is 1. The summed E-state index contributed by atoms with van der Waals surface area (Å²) in [6.45, 7) is 4.58. The second-order valence-corrected chi connectivity index (χ2v) is 4.27. The van der Waals surface area contributed by atoms with Crippen LogP contribution in [0, 0.1) is 24.2 Å². The van der Waals surface area contributed by atoms with E-state index in [-0.39, 0.29) is 0 Å². The van der Waals surface area contributed by atoms with E-state index in [2.05, 4.69) is 11.4 Å². The van der Waals surface area contributed by atoms with Gasteiger partial charge < -0.3 is 10.1 Å². The highest BCUT2D eigenvalue weighted by Gasteiger charge is 2.15. The lowest BCUT2D eigenvalue weighted by Gasteiger charge is -2.12. The van der Waals surface area contributed by atoms with Crippen LogP contribution in [0.2, 0.25) is 0 Å². The van der Waals surface area contributed by atoms with Crippen molar-refractivity contribution < 1.29 is 4.74 Å². The van der Waals surface area contributed by atoms with E-state index >= 15 is 0 Å². The van der Waals surface area contributed by atoms with Crippen LogP contribution in [0.1, 0.15) is 17.5 Å². The third-order valence-corrected chi connectivity index (χ3v) is 2.90. The van der Waals surface area contributed by atoms with Crippen molar-refractivity contribution in [2.75, 3.05) is 25.1 Å². The average Bonchev–Trinajstić information content (AvgIpc) is 2.80. The lowest BCUT2D eigenvalue weighted by atomic mass is 10.1. The van der Waals surface area contributed by atoms with E-state index in [0.29, 0.717) is 5.92 Å². The number of benzene rings is 1. The zero-order chi connectivity index (χ0) is 11.4. The van der Waals surface area contributed by atoms with Gasteiger partial charge in [0.25, 0.3) is 0 Å². The number of nitriles is 1. The third-order valence-electron chi connectivity index (χ3n) is 2.90. The first-order chi connectivity index (χ1) is 7.79. The smallest absolute Gasteiger partial charge is 0.101 e. The molecule has 1 saturated heterocycles. The Labute approximate surface area is 96.0 Å². The Balaban J connectivity index is 2.00. The highest BCUT2D eigenvalue weighted by atomic mass is 16.5. The first kappa shape index (κ1) is 11.0. The molecule has 1 aliphatic rings. The second kappa shape index (κ2) is 5.00. The predicted molar refractivity (Wildman–Crippen MR) is 63.3 cm³/mol. The molecule has 1 aliphatic heterocycles. The van der Waals surface area contributed by atoms with Crippen LogP contribution >= 0.6 is 0 Å².